The van der Waals surface area contributed by atoms with E-state index < -0.39 is 11.9 Å². The molecule has 1 aliphatic heterocycles. The van der Waals surface area contributed by atoms with Crippen molar-refractivity contribution in [1.29, 1.82) is 0 Å². The molecule has 0 atom stereocenters. The molecule has 1 saturated heterocycles. The molecule has 1 aromatic heterocycles. The first-order valence-electron chi connectivity index (χ1n) is 5.15. The summed E-state index contributed by atoms with van der Waals surface area (Å²) in [6, 6.07) is 2.38. The zero-order chi connectivity index (χ0) is 11.6. The van der Waals surface area contributed by atoms with Gasteiger partial charge in [-0.1, -0.05) is 0 Å². The summed E-state index contributed by atoms with van der Waals surface area (Å²) in [5.74, 6) is -0.549. The molecule has 16 heavy (non-hydrogen) atoms. The Morgan fingerprint density at radius 1 is 1.25 bits per heavy atom. The summed E-state index contributed by atoms with van der Waals surface area (Å²) < 4.78 is 41.6. The molecule has 0 amide bonds. The molecule has 6 heteroatoms. The SMILES string of the molecule is FC(F)(F)c1ccc(CN2CCNCC2)o1. The first kappa shape index (κ1) is 11.5. The second kappa shape index (κ2) is 4.47. The topological polar surface area (TPSA) is 28.4 Å². The third-order valence-corrected chi connectivity index (χ3v) is 2.53. The minimum absolute atomic E-state index is 0.370. The van der Waals surface area contributed by atoms with E-state index in [1.165, 1.54) is 6.07 Å². The molecule has 2 heterocycles. The highest BCUT2D eigenvalue weighted by atomic mass is 19.4. The van der Waals surface area contributed by atoms with E-state index in [0.29, 0.717) is 12.3 Å². The van der Waals surface area contributed by atoms with Crippen molar-refractivity contribution in [3.63, 3.8) is 0 Å². The molecule has 0 aliphatic carbocycles. The van der Waals surface area contributed by atoms with E-state index in [2.05, 4.69) is 10.2 Å². The second-order valence-corrected chi connectivity index (χ2v) is 3.79. The van der Waals surface area contributed by atoms with Crippen LogP contribution < -0.4 is 5.32 Å². The summed E-state index contributed by atoms with van der Waals surface area (Å²) in [7, 11) is 0. The van der Waals surface area contributed by atoms with Crippen LogP contribution in [0.25, 0.3) is 0 Å². The summed E-state index contributed by atoms with van der Waals surface area (Å²) in [4.78, 5) is 2.06. The molecule has 1 aliphatic rings. The van der Waals surface area contributed by atoms with Gasteiger partial charge in [0.1, 0.15) is 5.76 Å². The molecule has 0 radical (unpaired) electrons. The molecule has 0 saturated carbocycles. The predicted molar refractivity (Wildman–Crippen MR) is 51.9 cm³/mol. The monoisotopic (exact) mass is 234 g/mol. The first-order valence-corrected chi connectivity index (χ1v) is 5.15. The Labute approximate surface area is 91.2 Å². The lowest BCUT2D eigenvalue weighted by Gasteiger charge is -2.26. The molecular weight excluding hydrogens is 221 g/mol. The largest absolute Gasteiger partial charge is 0.455 e. The third kappa shape index (κ3) is 2.76. The van der Waals surface area contributed by atoms with E-state index in [-0.39, 0.29) is 0 Å². The van der Waals surface area contributed by atoms with Gasteiger partial charge in [-0.3, -0.25) is 4.90 Å². The number of alkyl halides is 3. The molecule has 0 bridgehead atoms. The molecule has 1 N–H and O–H groups in total. The van der Waals surface area contributed by atoms with E-state index in [4.69, 9.17) is 4.42 Å². The van der Waals surface area contributed by atoms with Crippen LogP contribution in [0.5, 0.6) is 0 Å². The van der Waals surface area contributed by atoms with Crippen molar-refractivity contribution >= 4 is 0 Å². The molecule has 0 aromatic carbocycles. The number of halogens is 3. The minimum Gasteiger partial charge on any atom is -0.455 e. The van der Waals surface area contributed by atoms with Crippen LogP contribution in [0.1, 0.15) is 11.5 Å². The van der Waals surface area contributed by atoms with Crippen molar-refractivity contribution in [2.75, 3.05) is 26.2 Å². The number of furan rings is 1. The van der Waals surface area contributed by atoms with Crippen LogP contribution in [0.4, 0.5) is 13.2 Å². The van der Waals surface area contributed by atoms with Crippen molar-refractivity contribution in [3.8, 4) is 0 Å². The average Bonchev–Trinajstić information content (AvgIpc) is 2.67. The lowest BCUT2D eigenvalue weighted by molar-refractivity contribution is -0.153. The Hall–Kier alpha value is -1.01. The number of nitrogens with one attached hydrogen (secondary N) is 1. The van der Waals surface area contributed by atoms with Gasteiger partial charge in [-0.25, -0.2) is 0 Å². The molecule has 90 valence electrons. The number of piperazine rings is 1. The fourth-order valence-corrected chi connectivity index (χ4v) is 1.70. The Kier molecular flexibility index (Phi) is 3.20. The van der Waals surface area contributed by atoms with Gasteiger partial charge in [0.2, 0.25) is 5.76 Å². The van der Waals surface area contributed by atoms with Crippen LogP contribution in [-0.2, 0) is 12.7 Å². The van der Waals surface area contributed by atoms with Crippen molar-refractivity contribution in [3.05, 3.63) is 23.7 Å². The highest BCUT2D eigenvalue weighted by Gasteiger charge is 2.34. The van der Waals surface area contributed by atoms with E-state index in [1.807, 2.05) is 0 Å². The number of hydrogen-bond donors (Lipinski definition) is 1. The normalized spacial score (nSPS) is 18.9. The van der Waals surface area contributed by atoms with Crippen LogP contribution in [0.15, 0.2) is 16.5 Å². The summed E-state index contributed by atoms with van der Waals surface area (Å²) in [6.45, 7) is 3.85. The Bertz CT molecular complexity index is 342. The van der Waals surface area contributed by atoms with Crippen molar-refractivity contribution in [1.82, 2.24) is 10.2 Å². The maximum absolute atomic E-state index is 12.3. The van der Waals surface area contributed by atoms with Gasteiger partial charge in [-0.05, 0) is 12.1 Å². The lowest BCUT2D eigenvalue weighted by Crippen LogP contribution is -2.42. The van der Waals surface area contributed by atoms with Gasteiger partial charge in [0.05, 0.1) is 6.54 Å². The number of nitrogens with zero attached hydrogens (tertiary/aromatic N) is 1. The molecule has 0 unspecified atom stereocenters. The highest BCUT2D eigenvalue weighted by molar-refractivity contribution is 5.09. The molecule has 2 rings (SSSR count). The zero-order valence-electron chi connectivity index (χ0n) is 8.68. The van der Waals surface area contributed by atoms with Crippen molar-refractivity contribution in [2.24, 2.45) is 0 Å². The van der Waals surface area contributed by atoms with E-state index >= 15 is 0 Å². The fraction of sp³-hybridized carbons (Fsp3) is 0.600. The Morgan fingerprint density at radius 3 is 2.50 bits per heavy atom. The Balaban J connectivity index is 1.97. The molecule has 1 fully saturated rings. The van der Waals surface area contributed by atoms with Crippen LogP contribution in [0.3, 0.4) is 0 Å². The maximum Gasteiger partial charge on any atom is 0.449 e. The van der Waals surface area contributed by atoms with E-state index in [0.717, 1.165) is 32.2 Å². The Morgan fingerprint density at radius 2 is 1.94 bits per heavy atom. The highest BCUT2D eigenvalue weighted by Crippen LogP contribution is 2.30. The van der Waals surface area contributed by atoms with E-state index in [1.54, 1.807) is 0 Å². The third-order valence-electron chi connectivity index (χ3n) is 2.53. The van der Waals surface area contributed by atoms with E-state index in [9.17, 15) is 13.2 Å². The summed E-state index contributed by atoms with van der Waals surface area (Å²) in [6.07, 6.45) is -4.39. The quantitative estimate of drug-likeness (QED) is 0.844. The molecule has 1 aromatic rings. The smallest absolute Gasteiger partial charge is 0.449 e. The molecule has 0 spiro atoms. The summed E-state index contributed by atoms with van der Waals surface area (Å²) >= 11 is 0. The zero-order valence-corrected chi connectivity index (χ0v) is 8.68. The minimum atomic E-state index is -4.39. The van der Waals surface area contributed by atoms with Gasteiger partial charge >= 0.3 is 6.18 Å². The summed E-state index contributed by atoms with van der Waals surface area (Å²) in [5, 5.41) is 3.18. The standard InChI is InChI=1S/C10H13F3N2O/c11-10(12,13)9-2-1-8(16-9)7-15-5-3-14-4-6-15/h1-2,14H,3-7H2. The maximum atomic E-state index is 12.3. The van der Waals surface area contributed by atoms with Crippen LogP contribution in [0, 0.1) is 0 Å². The van der Waals surface area contributed by atoms with Gasteiger partial charge in [0, 0.05) is 26.2 Å². The lowest BCUT2D eigenvalue weighted by atomic mass is 10.3. The summed E-state index contributed by atoms with van der Waals surface area (Å²) in [5.41, 5.74) is 0. The molecule has 3 nitrogen and oxygen atoms in total. The van der Waals surface area contributed by atoms with Gasteiger partial charge in [0.15, 0.2) is 0 Å². The first-order chi connectivity index (χ1) is 7.55. The van der Waals surface area contributed by atoms with Gasteiger partial charge < -0.3 is 9.73 Å². The number of rotatable bonds is 2. The number of hydrogen-bond acceptors (Lipinski definition) is 3. The van der Waals surface area contributed by atoms with Crippen LogP contribution in [-0.4, -0.2) is 31.1 Å². The average molecular weight is 234 g/mol. The predicted octanol–water partition coefficient (Wildman–Crippen LogP) is 1.70. The van der Waals surface area contributed by atoms with Gasteiger partial charge in [-0.15, -0.1) is 0 Å². The van der Waals surface area contributed by atoms with Crippen LogP contribution >= 0.6 is 0 Å². The second-order valence-electron chi connectivity index (χ2n) is 3.79. The van der Waals surface area contributed by atoms with Gasteiger partial charge in [-0.2, -0.15) is 13.2 Å². The van der Waals surface area contributed by atoms with Crippen LogP contribution in [0.2, 0.25) is 0 Å². The fourth-order valence-electron chi connectivity index (χ4n) is 1.70. The van der Waals surface area contributed by atoms with Gasteiger partial charge in [0.25, 0.3) is 0 Å². The van der Waals surface area contributed by atoms with Crippen molar-refractivity contribution < 1.29 is 17.6 Å². The van der Waals surface area contributed by atoms with Crippen molar-refractivity contribution in [2.45, 2.75) is 12.7 Å². The molecular formula is C10H13F3N2O.